The Morgan fingerprint density at radius 3 is 1.44 bits per heavy atom. The lowest BCUT2D eigenvalue weighted by Crippen LogP contribution is -1.86. The smallest absolute Gasteiger partial charge is 0.162 e. The molecule has 36 heavy (non-hydrogen) atoms. The van der Waals surface area contributed by atoms with Crippen molar-refractivity contribution >= 4 is 107 Å². The molecule has 9 aromatic rings. The van der Waals surface area contributed by atoms with Crippen molar-refractivity contribution in [1.29, 1.82) is 0 Å². The van der Waals surface area contributed by atoms with Crippen molar-refractivity contribution in [3.05, 3.63) is 59.7 Å². The second-order valence-electron chi connectivity index (χ2n) is 10.1. The molecule has 0 aliphatic carbocycles. The topological polar surface area (TPSA) is 36.1 Å². The van der Waals surface area contributed by atoms with Crippen LogP contribution in [0.3, 0.4) is 0 Å². The van der Waals surface area contributed by atoms with Crippen LogP contribution in [0.25, 0.3) is 84.7 Å². The Balaban J connectivity index is 1.38. The van der Waals surface area contributed by atoms with Crippen LogP contribution < -0.4 is 0 Å². The molecule has 4 nitrogen and oxygen atoms in total. The Morgan fingerprint density at radius 1 is 0.556 bits per heavy atom. The Kier molecular flexibility index (Phi) is 3.32. The van der Waals surface area contributed by atoms with Crippen LogP contribution in [0.1, 0.15) is 11.1 Å². The summed E-state index contributed by atoms with van der Waals surface area (Å²) in [5.74, 6) is 0. The number of furan rings is 2. The van der Waals surface area contributed by atoms with Gasteiger partial charge in [-0.2, -0.15) is 0 Å². The fraction of sp³-hybridized carbons (Fsp3) is 0.133. The van der Waals surface area contributed by atoms with Gasteiger partial charge >= 0.3 is 0 Å². The molecule has 0 saturated carbocycles. The summed E-state index contributed by atoms with van der Waals surface area (Å²) in [6, 6.07) is 17.8. The van der Waals surface area contributed by atoms with E-state index < -0.39 is 0 Å². The number of aromatic nitrogens is 2. The fourth-order valence-electron chi connectivity index (χ4n) is 6.10. The lowest BCUT2D eigenvalue weighted by atomic mass is 10.2. The molecular formula is C30H20N2O2S2. The van der Waals surface area contributed by atoms with Crippen molar-refractivity contribution in [2.75, 3.05) is 0 Å². The van der Waals surface area contributed by atoms with Crippen molar-refractivity contribution in [3.8, 4) is 0 Å². The van der Waals surface area contributed by atoms with E-state index in [0.717, 1.165) is 22.3 Å². The number of thiophene rings is 2. The Morgan fingerprint density at radius 2 is 1.00 bits per heavy atom. The first-order valence-electron chi connectivity index (χ1n) is 12.1. The van der Waals surface area contributed by atoms with Crippen molar-refractivity contribution in [3.63, 3.8) is 0 Å². The van der Waals surface area contributed by atoms with Gasteiger partial charge in [0.15, 0.2) is 22.3 Å². The molecule has 6 heteroatoms. The minimum Gasteiger partial charge on any atom is -0.452 e. The van der Waals surface area contributed by atoms with E-state index in [0.29, 0.717) is 0 Å². The summed E-state index contributed by atoms with van der Waals surface area (Å²) in [4.78, 5) is 0. The van der Waals surface area contributed by atoms with Crippen LogP contribution in [-0.4, -0.2) is 9.13 Å². The average Bonchev–Trinajstić information content (AvgIpc) is 3.65. The molecule has 0 fully saturated rings. The number of hydrogen-bond donors (Lipinski definition) is 0. The summed E-state index contributed by atoms with van der Waals surface area (Å²) >= 11 is 3.64. The first-order chi connectivity index (χ1) is 17.5. The molecular weight excluding hydrogens is 484 g/mol. The van der Waals surface area contributed by atoms with Gasteiger partial charge in [-0.1, -0.05) is 12.1 Å². The van der Waals surface area contributed by atoms with E-state index in [1.165, 1.54) is 73.5 Å². The molecule has 0 radical (unpaired) electrons. The highest BCUT2D eigenvalue weighted by molar-refractivity contribution is 7.28. The first-order valence-corrected chi connectivity index (χ1v) is 13.7. The van der Waals surface area contributed by atoms with Gasteiger partial charge in [0.1, 0.15) is 11.0 Å². The summed E-state index contributed by atoms with van der Waals surface area (Å²) in [5.41, 5.74) is 11.3. The molecule has 3 aromatic carbocycles. The second kappa shape index (κ2) is 6.14. The minimum atomic E-state index is 0.989. The normalized spacial score (nSPS) is 13.0. The summed E-state index contributed by atoms with van der Waals surface area (Å²) in [6.45, 7) is 4.28. The van der Waals surface area contributed by atoms with E-state index in [2.05, 4.69) is 85.6 Å². The lowest BCUT2D eigenvalue weighted by molar-refractivity contribution is 0.676. The Labute approximate surface area is 212 Å². The number of fused-ring (bicyclic) bond motifs is 14. The largest absolute Gasteiger partial charge is 0.452 e. The third-order valence-corrected chi connectivity index (χ3v) is 10.1. The number of hydrogen-bond acceptors (Lipinski definition) is 4. The van der Waals surface area contributed by atoms with Crippen molar-refractivity contribution in [1.82, 2.24) is 9.13 Å². The Hall–Kier alpha value is -3.74. The number of aryl methyl sites for hydroxylation is 4. The van der Waals surface area contributed by atoms with Gasteiger partial charge in [0.25, 0.3) is 0 Å². The molecule has 0 aliphatic heterocycles. The molecule has 0 atom stereocenters. The number of rotatable bonds is 0. The molecule has 0 spiro atoms. The van der Waals surface area contributed by atoms with Crippen LogP contribution in [0.2, 0.25) is 0 Å². The van der Waals surface area contributed by atoms with E-state index >= 15 is 0 Å². The van der Waals surface area contributed by atoms with E-state index in [9.17, 15) is 0 Å². The van der Waals surface area contributed by atoms with Crippen molar-refractivity contribution < 1.29 is 8.83 Å². The van der Waals surface area contributed by atoms with Gasteiger partial charge in [0.05, 0.1) is 20.4 Å². The molecule has 0 bridgehead atoms. The standard InChI is InChI=1S/C30H20N2O2S2/c1-13-5-7-15-19(9-13)31(3)23-25(15)33-27-17-11-22-18(12-21(17)35-29(23)27)28-30(36-22)24-26(34-28)16-8-6-14(2)10-20(16)32(24)4/h5-12H,1-4H3. The third-order valence-electron chi connectivity index (χ3n) is 7.87. The zero-order chi connectivity index (χ0) is 24.0. The zero-order valence-electron chi connectivity index (χ0n) is 20.1. The van der Waals surface area contributed by atoms with Crippen LogP contribution in [0.5, 0.6) is 0 Å². The number of benzene rings is 3. The van der Waals surface area contributed by atoms with Gasteiger partial charge in [-0.3, -0.25) is 0 Å². The molecule has 6 aromatic heterocycles. The highest BCUT2D eigenvalue weighted by Gasteiger charge is 2.24. The Bertz CT molecular complexity index is 2240. The van der Waals surface area contributed by atoms with E-state index in [4.69, 9.17) is 8.83 Å². The van der Waals surface area contributed by atoms with Gasteiger partial charge in [-0.15, -0.1) is 22.7 Å². The maximum Gasteiger partial charge on any atom is 0.162 e. The third kappa shape index (κ3) is 2.13. The van der Waals surface area contributed by atoms with Crippen LogP contribution in [0.15, 0.2) is 57.4 Å². The number of nitrogens with zero attached hydrogens (tertiary/aromatic N) is 2. The molecule has 9 rings (SSSR count). The SMILES string of the molecule is Cc1ccc2c3oc4c5cc6sc7c(oc8c9ccc(C)cc9n(C)c87)c6cc5sc4c3n(C)c2c1. The summed E-state index contributed by atoms with van der Waals surface area (Å²) in [7, 11) is 4.29. The molecule has 0 aliphatic rings. The highest BCUT2D eigenvalue weighted by atomic mass is 32.1. The molecule has 0 unspecified atom stereocenters. The first kappa shape index (κ1) is 19.4. The predicted molar refractivity (Wildman–Crippen MR) is 154 cm³/mol. The van der Waals surface area contributed by atoms with Crippen molar-refractivity contribution in [2.24, 2.45) is 14.1 Å². The van der Waals surface area contributed by atoms with Crippen molar-refractivity contribution in [2.45, 2.75) is 13.8 Å². The predicted octanol–water partition coefficient (Wildman–Crippen LogP) is 9.52. The molecule has 174 valence electrons. The van der Waals surface area contributed by atoms with Crippen LogP contribution in [-0.2, 0) is 14.1 Å². The average molecular weight is 505 g/mol. The maximum atomic E-state index is 6.59. The van der Waals surface area contributed by atoms with E-state index in [1.807, 2.05) is 22.7 Å². The minimum absolute atomic E-state index is 0.989. The molecule has 0 amide bonds. The second-order valence-corrected chi connectivity index (χ2v) is 12.2. The monoisotopic (exact) mass is 504 g/mol. The molecule has 0 N–H and O–H groups in total. The molecule has 0 saturated heterocycles. The van der Waals surface area contributed by atoms with Gasteiger partial charge in [0.2, 0.25) is 0 Å². The summed E-state index contributed by atoms with van der Waals surface area (Å²) < 4.78 is 22.7. The van der Waals surface area contributed by atoms with Crippen LogP contribution in [0.4, 0.5) is 0 Å². The van der Waals surface area contributed by atoms with Gasteiger partial charge in [-0.25, -0.2) is 0 Å². The van der Waals surface area contributed by atoms with Gasteiger partial charge < -0.3 is 18.0 Å². The fourth-order valence-corrected chi connectivity index (χ4v) is 8.56. The van der Waals surface area contributed by atoms with E-state index in [1.54, 1.807) is 0 Å². The summed E-state index contributed by atoms with van der Waals surface area (Å²) in [5, 5.41) is 4.73. The van der Waals surface area contributed by atoms with Gasteiger partial charge in [0, 0.05) is 45.0 Å². The summed E-state index contributed by atoms with van der Waals surface area (Å²) in [6.07, 6.45) is 0. The maximum absolute atomic E-state index is 6.59. The molecule has 6 heterocycles. The lowest BCUT2D eigenvalue weighted by Gasteiger charge is -1.98. The van der Waals surface area contributed by atoms with Crippen LogP contribution in [0, 0.1) is 13.8 Å². The quantitative estimate of drug-likeness (QED) is 0.206. The van der Waals surface area contributed by atoms with E-state index in [-0.39, 0.29) is 0 Å². The highest BCUT2D eigenvalue weighted by Crippen LogP contribution is 2.49. The zero-order valence-corrected chi connectivity index (χ0v) is 21.8. The van der Waals surface area contributed by atoms with Crippen LogP contribution >= 0.6 is 22.7 Å². The van der Waals surface area contributed by atoms with Gasteiger partial charge in [-0.05, 0) is 61.4 Å².